The van der Waals surface area contributed by atoms with Crippen LogP contribution >= 0.6 is 0 Å². The molecule has 0 saturated heterocycles. The van der Waals surface area contributed by atoms with Gasteiger partial charge in [0.2, 0.25) is 0 Å². The van der Waals surface area contributed by atoms with Gasteiger partial charge in [0.1, 0.15) is 0 Å². The highest BCUT2D eigenvalue weighted by atomic mass is 14.3. The number of fused-ring (bicyclic) bond motifs is 1. The molecule has 2 rings (SSSR count). The molecule has 0 bridgehead atoms. The second-order valence-corrected chi connectivity index (χ2v) is 4.21. The number of hydrogen-bond donors (Lipinski definition) is 0. The molecule has 0 fully saturated rings. The third kappa shape index (κ3) is 1.30. The van der Waals surface area contributed by atoms with Crippen LogP contribution in [-0.4, -0.2) is 0 Å². The summed E-state index contributed by atoms with van der Waals surface area (Å²) in [5, 5.41) is 0. The molecule has 0 heterocycles. The van der Waals surface area contributed by atoms with Crippen molar-refractivity contribution >= 4 is 5.57 Å². The lowest BCUT2D eigenvalue weighted by Gasteiger charge is -2.09. The van der Waals surface area contributed by atoms with Gasteiger partial charge in [0, 0.05) is 5.92 Å². The zero-order chi connectivity index (χ0) is 10.1. The van der Waals surface area contributed by atoms with E-state index in [0.717, 1.165) is 0 Å². The van der Waals surface area contributed by atoms with E-state index < -0.39 is 0 Å². The minimum atomic E-state index is 0.645. The molecule has 1 aliphatic rings. The Kier molecular flexibility index (Phi) is 2.45. The Balaban J connectivity index is 2.46. The van der Waals surface area contributed by atoms with Crippen molar-refractivity contribution in [1.29, 1.82) is 0 Å². The molecule has 0 aliphatic heterocycles. The van der Waals surface area contributed by atoms with Crippen molar-refractivity contribution in [2.45, 2.75) is 39.5 Å². The minimum Gasteiger partial charge on any atom is -0.0651 e. The normalized spacial score (nSPS) is 20.1. The first-order valence-electron chi connectivity index (χ1n) is 5.54. The lowest BCUT2D eigenvalue weighted by molar-refractivity contribution is 0.801. The SMILES string of the molecule is CCCC1=C(C)c2ccccc2C1C. The molecule has 0 spiro atoms. The van der Waals surface area contributed by atoms with E-state index >= 15 is 0 Å². The summed E-state index contributed by atoms with van der Waals surface area (Å²) >= 11 is 0. The van der Waals surface area contributed by atoms with Gasteiger partial charge in [-0.2, -0.15) is 0 Å². The fraction of sp³-hybridized carbons (Fsp3) is 0.429. The molecular formula is C14H18. The third-order valence-corrected chi connectivity index (χ3v) is 3.36. The molecule has 14 heavy (non-hydrogen) atoms. The van der Waals surface area contributed by atoms with E-state index in [0.29, 0.717) is 5.92 Å². The molecule has 0 radical (unpaired) electrons. The van der Waals surface area contributed by atoms with Gasteiger partial charge < -0.3 is 0 Å². The Bertz CT molecular complexity index is 371. The lowest BCUT2D eigenvalue weighted by Crippen LogP contribution is -1.92. The predicted octanol–water partition coefficient (Wildman–Crippen LogP) is 4.38. The number of rotatable bonds is 2. The van der Waals surface area contributed by atoms with Crippen LogP contribution in [0.1, 0.15) is 50.7 Å². The Morgan fingerprint density at radius 3 is 2.57 bits per heavy atom. The summed E-state index contributed by atoms with van der Waals surface area (Å²) in [4.78, 5) is 0. The van der Waals surface area contributed by atoms with Crippen molar-refractivity contribution in [3.8, 4) is 0 Å². The van der Waals surface area contributed by atoms with E-state index in [1.54, 1.807) is 5.57 Å². The van der Waals surface area contributed by atoms with Crippen molar-refractivity contribution in [2.24, 2.45) is 0 Å². The van der Waals surface area contributed by atoms with Crippen molar-refractivity contribution in [2.75, 3.05) is 0 Å². The van der Waals surface area contributed by atoms with E-state index in [9.17, 15) is 0 Å². The molecule has 1 atom stereocenters. The van der Waals surface area contributed by atoms with Crippen molar-refractivity contribution in [1.82, 2.24) is 0 Å². The quantitative estimate of drug-likeness (QED) is 0.643. The number of benzene rings is 1. The highest BCUT2D eigenvalue weighted by Gasteiger charge is 2.23. The first kappa shape index (κ1) is 9.51. The Morgan fingerprint density at radius 1 is 1.21 bits per heavy atom. The lowest BCUT2D eigenvalue weighted by atomic mass is 9.95. The molecule has 0 aromatic heterocycles. The van der Waals surface area contributed by atoms with Gasteiger partial charge in [0.05, 0.1) is 0 Å². The maximum Gasteiger partial charge on any atom is 0.00317 e. The molecule has 1 aliphatic carbocycles. The topological polar surface area (TPSA) is 0 Å². The largest absolute Gasteiger partial charge is 0.0651 e. The maximum absolute atomic E-state index is 2.33. The summed E-state index contributed by atoms with van der Waals surface area (Å²) in [6, 6.07) is 8.82. The van der Waals surface area contributed by atoms with Gasteiger partial charge in [-0.25, -0.2) is 0 Å². The van der Waals surface area contributed by atoms with E-state index in [2.05, 4.69) is 45.0 Å². The summed E-state index contributed by atoms with van der Waals surface area (Å²) in [7, 11) is 0. The number of hydrogen-bond acceptors (Lipinski definition) is 0. The van der Waals surface area contributed by atoms with E-state index in [4.69, 9.17) is 0 Å². The van der Waals surface area contributed by atoms with Crippen molar-refractivity contribution in [3.63, 3.8) is 0 Å². The second kappa shape index (κ2) is 3.61. The van der Waals surface area contributed by atoms with Crippen LogP contribution in [-0.2, 0) is 0 Å². The van der Waals surface area contributed by atoms with E-state index in [-0.39, 0.29) is 0 Å². The van der Waals surface area contributed by atoms with Gasteiger partial charge in [0.25, 0.3) is 0 Å². The first-order valence-corrected chi connectivity index (χ1v) is 5.54. The molecular weight excluding hydrogens is 168 g/mol. The van der Waals surface area contributed by atoms with Crippen LogP contribution in [0.5, 0.6) is 0 Å². The predicted molar refractivity (Wildman–Crippen MR) is 62.4 cm³/mol. The maximum atomic E-state index is 2.33. The summed E-state index contributed by atoms with van der Waals surface area (Å²) in [6.45, 7) is 6.86. The molecule has 1 aromatic rings. The zero-order valence-electron chi connectivity index (χ0n) is 9.30. The average molecular weight is 186 g/mol. The molecule has 0 nitrogen and oxygen atoms in total. The van der Waals surface area contributed by atoms with Crippen LogP contribution < -0.4 is 0 Å². The van der Waals surface area contributed by atoms with Crippen LogP contribution in [0.2, 0.25) is 0 Å². The average Bonchev–Trinajstić information content (AvgIpc) is 2.45. The highest BCUT2D eigenvalue weighted by molar-refractivity contribution is 5.76. The molecule has 0 amide bonds. The van der Waals surface area contributed by atoms with Crippen molar-refractivity contribution < 1.29 is 0 Å². The molecule has 1 unspecified atom stereocenters. The standard InChI is InChI=1S/C14H18/c1-4-7-12-10(2)13-8-5-6-9-14(13)11(12)3/h5-6,8-10H,4,7H2,1-3H3. The Hall–Kier alpha value is -1.04. The summed E-state index contributed by atoms with van der Waals surface area (Å²) in [5.74, 6) is 0.645. The van der Waals surface area contributed by atoms with Crippen LogP contribution in [0.15, 0.2) is 29.8 Å². The summed E-state index contributed by atoms with van der Waals surface area (Å²) in [5.41, 5.74) is 6.17. The van der Waals surface area contributed by atoms with Crippen LogP contribution in [0, 0.1) is 0 Å². The first-order chi connectivity index (χ1) is 6.75. The van der Waals surface area contributed by atoms with Gasteiger partial charge in [-0.15, -0.1) is 0 Å². The Labute approximate surface area is 86.7 Å². The van der Waals surface area contributed by atoms with Crippen LogP contribution in [0.3, 0.4) is 0 Å². The molecule has 0 saturated carbocycles. The zero-order valence-corrected chi connectivity index (χ0v) is 9.30. The van der Waals surface area contributed by atoms with E-state index in [1.807, 2.05) is 0 Å². The molecule has 74 valence electrons. The van der Waals surface area contributed by atoms with Crippen molar-refractivity contribution in [3.05, 3.63) is 41.0 Å². The third-order valence-electron chi connectivity index (χ3n) is 3.36. The summed E-state index contributed by atoms with van der Waals surface area (Å²) < 4.78 is 0. The minimum absolute atomic E-state index is 0.645. The van der Waals surface area contributed by atoms with Gasteiger partial charge in [0.15, 0.2) is 0 Å². The van der Waals surface area contributed by atoms with Gasteiger partial charge in [-0.05, 0) is 30.0 Å². The second-order valence-electron chi connectivity index (χ2n) is 4.21. The van der Waals surface area contributed by atoms with Gasteiger partial charge in [-0.1, -0.05) is 50.1 Å². The fourth-order valence-corrected chi connectivity index (χ4v) is 2.57. The van der Waals surface area contributed by atoms with Gasteiger partial charge in [-0.3, -0.25) is 0 Å². The van der Waals surface area contributed by atoms with Crippen LogP contribution in [0.25, 0.3) is 5.57 Å². The highest BCUT2D eigenvalue weighted by Crippen LogP contribution is 2.42. The molecule has 0 N–H and O–H groups in total. The fourth-order valence-electron chi connectivity index (χ4n) is 2.57. The molecule has 0 heteroatoms. The monoisotopic (exact) mass is 186 g/mol. The Morgan fingerprint density at radius 2 is 1.93 bits per heavy atom. The number of allylic oxidation sites excluding steroid dienone is 2. The smallest absolute Gasteiger partial charge is 0.00317 e. The van der Waals surface area contributed by atoms with E-state index in [1.165, 1.54) is 29.5 Å². The van der Waals surface area contributed by atoms with Crippen LogP contribution in [0.4, 0.5) is 0 Å². The van der Waals surface area contributed by atoms with Gasteiger partial charge >= 0.3 is 0 Å². The molecule has 1 aromatic carbocycles. The summed E-state index contributed by atoms with van der Waals surface area (Å²) in [6.07, 6.45) is 2.51.